The standard InChI is InChI=1S/C17H16ClNO3.Na/c18-13-8-9-15(20)14(11-13)17(12-5-2-1-3-6-12)19-10-4-7-16(21)22;/h1-3,5-6,8-9,11,20H,4,7,10H2,(H,21,22);/q;+1/p-1. The fraction of sp³-hybridized carbons (Fsp3) is 0.176. The maximum Gasteiger partial charge on any atom is 1.00 e. The van der Waals surface area contributed by atoms with Gasteiger partial charge in [-0.15, -0.1) is 0 Å². The summed E-state index contributed by atoms with van der Waals surface area (Å²) in [5.74, 6) is -1.02. The molecule has 1 N–H and O–H groups in total. The topological polar surface area (TPSA) is 72.7 Å². The van der Waals surface area contributed by atoms with E-state index in [0.29, 0.717) is 29.3 Å². The summed E-state index contributed by atoms with van der Waals surface area (Å²) in [4.78, 5) is 14.9. The first kappa shape index (κ1) is 19.7. The molecule has 0 aliphatic heterocycles. The Morgan fingerprint density at radius 1 is 1.17 bits per heavy atom. The molecular weight excluding hydrogens is 325 g/mol. The van der Waals surface area contributed by atoms with E-state index in [1.807, 2.05) is 30.3 Å². The van der Waals surface area contributed by atoms with Gasteiger partial charge in [-0.3, -0.25) is 4.99 Å². The van der Waals surface area contributed by atoms with Gasteiger partial charge in [-0.25, -0.2) is 0 Å². The van der Waals surface area contributed by atoms with Gasteiger partial charge in [0.25, 0.3) is 0 Å². The smallest absolute Gasteiger partial charge is 0.550 e. The van der Waals surface area contributed by atoms with Crippen molar-refractivity contribution < 1.29 is 44.6 Å². The second-order valence-electron chi connectivity index (χ2n) is 4.73. The molecule has 2 rings (SSSR count). The predicted molar refractivity (Wildman–Crippen MR) is 84.3 cm³/mol. The van der Waals surface area contributed by atoms with Crippen LogP contribution in [-0.4, -0.2) is 23.3 Å². The van der Waals surface area contributed by atoms with Gasteiger partial charge in [0.15, 0.2) is 0 Å². The molecule has 23 heavy (non-hydrogen) atoms. The Morgan fingerprint density at radius 2 is 1.87 bits per heavy atom. The maximum atomic E-state index is 10.5. The molecule has 0 atom stereocenters. The van der Waals surface area contributed by atoms with Gasteiger partial charge in [-0.2, -0.15) is 0 Å². The minimum absolute atomic E-state index is 0. The molecule has 0 aliphatic carbocycles. The Bertz CT molecular complexity index is 689. The molecule has 0 aliphatic rings. The number of hydrogen-bond acceptors (Lipinski definition) is 4. The van der Waals surface area contributed by atoms with E-state index in [1.54, 1.807) is 12.1 Å². The van der Waals surface area contributed by atoms with E-state index < -0.39 is 5.97 Å². The van der Waals surface area contributed by atoms with Crippen molar-refractivity contribution in [2.75, 3.05) is 6.54 Å². The van der Waals surface area contributed by atoms with Crippen molar-refractivity contribution in [1.82, 2.24) is 0 Å². The molecular formula is C17H15ClNNaO3. The summed E-state index contributed by atoms with van der Waals surface area (Å²) in [5, 5.41) is 21.0. The molecule has 0 amide bonds. The number of carboxylic acid groups (broad SMARTS) is 1. The third-order valence-corrected chi connectivity index (χ3v) is 3.30. The van der Waals surface area contributed by atoms with Gasteiger partial charge in [-0.1, -0.05) is 41.9 Å². The van der Waals surface area contributed by atoms with Crippen molar-refractivity contribution >= 4 is 23.3 Å². The summed E-state index contributed by atoms with van der Waals surface area (Å²) >= 11 is 6.00. The number of carbonyl (C=O) groups is 1. The first-order valence-electron chi connectivity index (χ1n) is 6.86. The van der Waals surface area contributed by atoms with Crippen LogP contribution in [0.2, 0.25) is 5.02 Å². The van der Waals surface area contributed by atoms with E-state index in [4.69, 9.17) is 11.6 Å². The average molecular weight is 340 g/mol. The van der Waals surface area contributed by atoms with Crippen LogP contribution in [0.5, 0.6) is 5.75 Å². The van der Waals surface area contributed by atoms with Crippen molar-refractivity contribution in [2.24, 2.45) is 4.99 Å². The summed E-state index contributed by atoms with van der Waals surface area (Å²) in [7, 11) is 0. The number of halogens is 1. The molecule has 0 aromatic heterocycles. The number of aliphatic carboxylic acids is 1. The Morgan fingerprint density at radius 3 is 2.52 bits per heavy atom. The fourth-order valence-corrected chi connectivity index (χ4v) is 2.21. The number of nitrogens with zero attached hydrogens (tertiary/aromatic N) is 1. The third kappa shape index (κ3) is 5.99. The normalized spacial score (nSPS) is 10.9. The van der Waals surface area contributed by atoms with Crippen molar-refractivity contribution in [3.63, 3.8) is 0 Å². The molecule has 0 spiro atoms. The minimum Gasteiger partial charge on any atom is -0.550 e. The number of carboxylic acids is 1. The van der Waals surface area contributed by atoms with Crippen LogP contribution in [0.4, 0.5) is 0 Å². The number of rotatable bonds is 6. The van der Waals surface area contributed by atoms with Gasteiger partial charge >= 0.3 is 29.6 Å². The third-order valence-electron chi connectivity index (χ3n) is 3.07. The van der Waals surface area contributed by atoms with E-state index in [0.717, 1.165) is 5.56 Å². The molecule has 0 saturated heterocycles. The van der Waals surface area contributed by atoms with Crippen LogP contribution in [0.3, 0.4) is 0 Å². The van der Waals surface area contributed by atoms with Crippen LogP contribution in [-0.2, 0) is 4.79 Å². The number of aliphatic imine (C=N–C) groups is 1. The predicted octanol–water partition coefficient (Wildman–Crippen LogP) is -0.583. The van der Waals surface area contributed by atoms with Crippen LogP contribution in [0.1, 0.15) is 24.0 Å². The summed E-state index contributed by atoms with van der Waals surface area (Å²) in [6, 6.07) is 14.1. The van der Waals surface area contributed by atoms with Crippen molar-refractivity contribution in [3.8, 4) is 5.75 Å². The zero-order valence-corrected chi connectivity index (χ0v) is 15.6. The average Bonchev–Trinajstić information content (AvgIpc) is 2.51. The molecule has 114 valence electrons. The van der Waals surface area contributed by atoms with E-state index in [2.05, 4.69) is 4.99 Å². The Balaban J connectivity index is 0.00000264. The first-order chi connectivity index (χ1) is 10.6. The molecule has 4 nitrogen and oxygen atoms in total. The molecule has 0 unspecified atom stereocenters. The summed E-state index contributed by atoms with van der Waals surface area (Å²) < 4.78 is 0. The summed E-state index contributed by atoms with van der Waals surface area (Å²) in [5.41, 5.74) is 1.93. The van der Waals surface area contributed by atoms with Crippen molar-refractivity contribution in [1.29, 1.82) is 0 Å². The second-order valence-corrected chi connectivity index (χ2v) is 5.17. The van der Waals surface area contributed by atoms with Gasteiger partial charge in [-0.05, 0) is 31.0 Å². The van der Waals surface area contributed by atoms with Crippen molar-refractivity contribution in [2.45, 2.75) is 12.8 Å². The van der Waals surface area contributed by atoms with Gasteiger partial charge in [0.2, 0.25) is 0 Å². The van der Waals surface area contributed by atoms with Crippen LogP contribution in [0.25, 0.3) is 0 Å². The second kappa shape index (κ2) is 9.73. The number of benzene rings is 2. The Hall–Kier alpha value is -1.33. The molecule has 0 heterocycles. The minimum atomic E-state index is -1.10. The zero-order chi connectivity index (χ0) is 15.9. The fourth-order valence-electron chi connectivity index (χ4n) is 2.04. The number of carbonyl (C=O) groups excluding carboxylic acids is 1. The molecule has 2 aromatic carbocycles. The molecule has 6 heteroatoms. The van der Waals surface area contributed by atoms with Crippen LogP contribution >= 0.6 is 11.6 Å². The van der Waals surface area contributed by atoms with Crippen LogP contribution < -0.4 is 34.7 Å². The van der Waals surface area contributed by atoms with E-state index in [1.165, 1.54) is 6.07 Å². The molecule has 0 bridgehead atoms. The van der Waals surface area contributed by atoms with E-state index in [-0.39, 0.29) is 41.7 Å². The maximum absolute atomic E-state index is 10.5. The SMILES string of the molecule is O=C([O-])CCCN=C(c1ccccc1)c1cc(Cl)ccc1O.[Na+]. The quantitative estimate of drug-likeness (QED) is 0.435. The van der Waals surface area contributed by atoms with Crippen LogP contribution in [0.15, 0.2) is 53.5 Å². The number of hydrogen-bond donors (Lipinski definition) is 1. The van der Waals surface area contributed by atoms with Crippen molar-refractivity contribution in [3.05, 3.63) is 64.7 Å². The summed E-state index contributed by atoms with van der Waals surface area (Å²) in [6.45, 7) is 0.324. The van der Waals surface area contributed by atoms with E-state index >= 15 is 0 Å². The van der Waals surface area contributed by atoms with Crippen LogP contribution in [0, 0.1) is 0 Å². The van der Waals surface area contributed by atoms with E-state index in [9.17, 15) is 15.0 Å². The summed E-state index contributed by atoms with van der Waals surface area (Å²) in [6.07, 6.45) is 0.326. The number of phenolic OH excluding ortho intramolecular Hbond substituents is 1. The Labute approximate surface area is 162 Å². The molecule has 2 aromatic rings. The molecule has 0 radical (unpaired) electrons. The van der Waals surface area contributed by atoms with Gasteiger partial charge in [0.1, 0.15) is 5.75 Å². The first-order valence-corrected chi connectivity index (χ1v) is 7.24. The largest absolute Gasteiger partial charge is 1.00 e. The molecule has 0 fully saturated rings. The monoisotopic (exact) mass is 339 g/mol. The number of aromatic hydroxyl groups is 1. The van der Waals surface area contributed by atoms with Gasteiger partial charge < -0.3 is 15.0 Å². The Kier molecular flexibility index (Phi) is 8.34. The zero-order valence-electron chi connectivity index (χ0n) is 12.8. The molecule has 0 saturated carbocycles. The number of phenols is 1. The van der Waals surface area contributed by atoms with Gasteiger partial charge in [0.05, 0.1) is 5.71 Å². The van der Waals surface area contributed by atoms with Gasteiger partial charge in [0, 0.05) is 28.7 Å².